The topological polar surface area (TPSA) is 79.5 Å². The molecule has 0 saturated carbocycles. The quantitative estimate of drug-likeness (QED) is 0.422. The van der Waals surface area contributed by atoms with Crippen LogP contribution in [0.25, 0.3) is 5.70 Å². The van der Waals surface area contributed by atoms with E-state index < -0.39 is 29.1 Å². The average Bonchev–Trinajstić information content (AvgIpc) is 2.75. The van der Waals surface area contributed by atoms with Crippen molar-refractivity contribution in [2.24, 2.45) is 0 Å². The Morgan fingerprint density at radius 3 is 2.19 bits per heavy atom. The third-order valence-corrected chi connectivity index (χ3v) is 4.51. The van der Waals surface area contributed by atoms with E-state index in [-0.39, 0.29) is 6.61 Å². The van der Waals surface area contributed by atoms with Gasteiger partial charge in [0.1, 0.15) is 17.2 Å². The summed E-state index contributed by atoms with van der Waals surface area (Å²) < 4.78 is 27.3. The monoisotopic (exact) mass is 457 g/mol. The van der Waals surface area contributed by atoms with Gasteiger partial charge in [0.2, 0.25) is 0 Å². The Morgan fingerprint density at radius 1 is 0.938 bits per heavy atom. The van der Waals surface area contributed by atoms with Crippen LogP contribution >= 0.6 is 11.6 Å². The van der Waals surface area contributed by atoms with Gasteiger partial charge in [0.15, 0.2) is 0 Å². The molecule has 3 aromatic carbocycles. The summed E-state index contributed by atoms with van der Waals surface area (Å²) in [6.07, 6.45) is 0. The van der Waals surface area contributed by atoms with Crippen LogP contribution < -0.4 is 16.1 Å². The van der Waals surface area contributed by atoms with E-state index in [4.69, 9.17) is 16.4 Å². The molecule has 0 atom stereocenters. The van der Waals surface area contributed by atoms with Gasteiger partial charge in [-0.2, -0.15) is 0 Å². The lowest BCUT2D eigenvalue weighted by molar-refractivity contribution is 0.0648. The molecule has 0 bridgehead atoms. The Balaban J connectivity index is 1.48. The fourth-order valence-electron chi connectivity index (χ4n) is 2.64. The van der Waals surface area contributed by atoms with Crippen LogP contribution in [-0.4, -0.2) is 11.9 Å². The fraction of sp³-hybridized carbons (Fsp3) is 0.0435. The first-order valence-electron chi connectivity index (χ1n) is 9.31. The molecule has 0 aliphatic carbocycles. The average molecular weight is 458 g/mol. The Kier molecular flexibility index (Phi) is 7.54. The molecule has 0 fully saturated rings. The van der Waals surface area contributed by atoms with Gasteiger partial charge in [-0.05, 0) is 47.5 Å². The number of benzene rings is 3. The smallest absolute Gasteiger partial charge is 0.308 e. The molecular formula is C23H18ClF2N3O3. The van der Waals surface area contributed by atoms with Crippen molar-refractivity contribution >= 4 is 34.9 Å². The largest absolute Gasteiger partial charge is 0.326 e. The Hall–Kier alpha value is -3.75. The van der Waals surface area contributed by atoms with Crippen molar-refractivity contribution in [3.63, 3.8) is 0 Å². The van der Waals surface area contributed by atoms with Crippen molar-refractivity contribution in [3.05, 3.63) is 107 Å². The van der Waals surface area contributed by atoms with Crippen molar-refractivity contribution in [3.8, 4) is 0 Å². The van der Waals surface area contributed by atoms with Crippen LogP contribution in [0.5, 0.6) is 0 Å². The lowest BCUT2D eigenvalue weighted by Gasteiger charge is -2.11. The number of nitrogens with one attached hydrogen (secondary N) is 3. The van der Waals surface area contributed by atoms with E-state index in [0.717, 1.165) is 29.3 Å². The first kappa shape index (κ1) is 22.9. The number of urea groups is 1. The van der Waals surface area contributed by atoms with Gasteiger partial charge in [-0.1, -0.05) is 48.5 Å². The molecule has 164 valence electrons. The first-order chi connectivity index (χ1) is 15.3. The molecule has 0 unspecified atom stereocenters. The molecule has 0 aliphatic rings. The molecule has 3 aromatic rings. The number of halogens is 3. The van der Waals surface area contributed by atoms with Crippen molar-refractivity contribution < 1.29 is 23.2 Å². The van der Waals surface area contributed by atoms with Gasteiger partial charge < -0.3 is 5.32 Å². The number of amides is 3. The fourth-order valence-corrected chi connectivity index (χ4v) is 2.77. The van der Waals surface area contributed by atoms with Gasteiger partial charge in [-0.3, -0.25) is 20.4 Å². The summed E-state index contributed by atoms with van der Waals surface area (Å²) in [5.74, 6) is -3.31. The molecule has 3 amide bonds. The molecule has 0 aromatic heterocycles. The number of hydroxylamine groups is 1. The molecule has 3 rings (SSSR count). The number of hydrogen-bond acceptors (Lipinski definition) is 4. The molecule has 0 spiro atoms. The van der Waals surface area contributed by atoms with Crippen LogP contribution in [0.15, 0.2) is 73.3 Å². The van der Waals surface area contributed by atoms with Crippen LogP contribution in [0.1, 0.15) is 21.5 Å². The molecule has 9 heteroatoms. The lowest BCUT2D eigenvalue weighted by atomic mass is 10.2. The second-order valence-corrected chi connectivity index (χ2v) is 7.01. The van der Waals surface area contributed by atoms with Crippen LogP contribution in [-0.2, 0) is 11.4 Å². The molecule has 0 saturated heterocycles. The first-order valence-corrected chi connectivity index (χ1v) is 9.69. The predicted molar refractivity (Wildman–Crippen MR) is 118 cm³/mol. The molecule has 0 heterocycles. The number of anilines is 1. The van der Waals surface area contributed by atoms with E-state index in [1.165, 1.54) is 0 Å². The second-order valence-electron chi connectivity index (χ2n) is 6.58. The Bertz CT molecular complexity index is 1120. The van der Waals surface area contributed by atoms with Gasteiger partial charge in [0, 0.05) is 10.7 Å². The Labute approximate surface area is 187 Å². The van der Waals surface area contributed by atoms with E-state index in [1.807, 2.05) is 5.32 Å². The number of carbonyl (C=O) groups excluding carboxylic acids is 2. The maximum atomic E-state index is 13.6. The van der Waals surface area contributed by atoms with Crippen LogP contribution in [0.4, 0.5) is 19.3 Å². The van der Waals surface area contributed by atoms with E-state index >= 15 is 0 Å². The zero-order valence-corrected chi connectivity index (χ0v) is 17.4. The zero-order chi connectivity index (χ0) is 23.1. The van der Waals surface area contributed by atoms with E-state index in [9.17, 15) is 18.4 Å². The van der Waals surface area contributed by atoms with Crippen molar-refractivity contribution in [2.45, 2.75) is 6.61 Å². The van der Waals surface area contributed by atoms with Gasteiger partial charge in [0.25, 0.3) is 5.91 Å². The summed E-state index contributed by atoms with van der Waals surface area (Å²) in [7, 11) is 0. The minimum Gasteiger partial charge on any atom is -0.308 e. The molecular weight excluding hydrogens is 440 g/mol. The second kappa shape index (κ2) is 10.5. The predicted octanol–water partition coefficient (Wildman–Crippen LogP) is 5.27. The number of hydrogen-bond donors (Lipinski definition) is 3. The van der Waals surface area contributed by atoms with Gasteiger partial charge in [-0.25, -0.2) is 13.6 Å². The molecule has 0 aliphatic heterocycles. The molecule has 0 radical (unpaired) electrons. The summed E-state index contributed by atoms with van der Waals surface area (Å²) in [6, 6.07) is 15.7. The summed E-state index contributed by atoms with van der Waals surface area (Å²) in [5, 5.41) is 4.92. The van der Waals surface area contributed by atoms with Crippen LogP contribution in [0.3, 0.4) is 0 Å². The third kappa shape index (κ3) is 6.13. The summed E-state index contributed by atoms with van der Waals surface area (Å²) >= 11 is 5.85. The zero-order valence-electron chi connectivity index (χ0n) is 16.6. The normalized spacial score (nSPS) is 10.3. The lowest BCUT2D eigenvalue weighted by Crippen LogP contribution is -2.35. The molecule has 3 N–H and O–H groups in total. The summed E-state index contributed by atoms with van der Waals surface area (Å²) in [6.45, 7) is 4.09. The molecule has 32 heavy (non-hydrogen) atoms. The summed E-state index contributed by atoms with van der Waals surface area (Å²) in [5.41, 5.74) is 4.46. The van der Waals surface area contributed by atoms with Gasteiger partial charge >= 0.3 is 6.03 Å². The van der Waals surface area contributed by atoms with Gasteiger partial charge in [0.05, 0.1) is 12.3 Å². The minimum atomic E-state index is -1.19. The SMILES string of the molecule is C=C(NOCc1ccc(NC(=O)NC(=O)c2c(F)cccc2F)cc1)c1ccc(Cl)cc1. The standard InChI is InChI=1S/C23H18ClF2N3O3/c1-14(16-7-9-17(24)10-8-16)29-32-13-15-5-11-18(12-6-15)27-23(31)28-22(30)21-19(25)3-2-4-20(21)26/h2-12,29H,1,13H2,(H2,27,28,30,31). The number of imide groups is 1. The van der Waals surface area contributed by atoms with Crippen molar-refractivity contribution in [2.75, 3.05) is 5.32 Å². The van der Waals surface area contributed by atoms with Gasteiger partial charge in [-0.15, -0.1) is 0 Å². The highest BCUT2D eigenvalue weighted by molar-refractivity contribution is 6.30. The van der Waals surface area contributed by atoms with Crippen molar-refractivity contribution in [1.29, 1.82) is 0 Å². The number of rotatable bonds is 7. The number of carbonyl (C=O) groups is 2. The Morgan fingerprint density at radius 2 is 1.56 bits per heavy atom. The minimum absolute atomic E-state index is 0.212. The van der Waals surface area contributed by atoms with E-state index in [2.05, 4.69) is 17.4 Å². The summed E-state index contributed by atoms with van der Waals surface area (Å²) in [4.78, 5) is 29.3. The third-order valence-electron chi connectivity index (χ3n) is 4.26. The highest BCUT2D eigenvalue weighted by atomic mass is 35.5. The van der Waals surface area contributed by atoms with Crippen molar-refractivity contribution in [1.82, 2.24) is 10.8 Å². The van der Waals surface area contributed by atoms with Crippen LogP contribution in [0, 0.1) is 11.6 Å². The van der Waals surface area contributed by atoms with Crippen LogP contribution in [0.2, 0.25) is 5.02 Å². The van der Waals surface area contributed by atoms with E-state index in [1.54, 1.807) is 48.5 Å². The highest BCUT2D eigenvalue weighted by Crippen LogP contribution is 2.15. The molecule has 6 nitrogen and oxygen atoms in total. The maximum Gasteiger partial charge on any atom is 0.326 e. The van der Waals surface area contributed by atoms with E-state index in [0.29, 0.717) is 16.4 Å². The maximum absolute atomic E-state index is 13.6. The highest BCUT2D eigenvalue weighted by Gasteiger charge is 2.19.